The first-order valence-electron chi connectivity index (χ1n) is 7.98. The normalized spacial score (nSPS) is 14.3. The predicted octanol–water partition coefficient (Wildman–Crippen LogP) is 2.08. The molecule has 2 atom stereocenters. The zero-order chi connectivity index (χ0) is 18.5. The van der Waals surface area contributed by atoms with Gasteiger partial charge in [-0.1, -0.05) is 18.2 Å². The predicted molar refractivity (Wildman–Crippen MR) is 94.9 cm³/mol. The third-order valence-corrected chi connectivity index (χ3v) is 4.80. The van der Waals surface area contributed by atoms with Crippen LogP contribution in [0.1, 0.15) is 25.7 Å². The van der Waals surface area contributed by atoms with Gasteiger partial charge in [0.1, 0.15) is 12.0 Å². The third-order valence-electron chi connectivity index (χ3n) is 3.18. The molecular weight excluding hydrogens is 345 g/mol. The van der Waals surface area contributed by atoms with Gasteiger partial charge in [0.15, 0.2) is 5.78 Å². The fourth-order valence-corrected chi connectivity index (χ4v) is 3.42. The molecule has 0 saturated heterocycles. The highest BCUT2D eigenvalue weighted by Crippen LogP contribution is 2.45. The average Bonchev–Trinajstić information content (AvgIpc) is 2.63. The minimum atomic E-state index is -3.81. The summed E-state index contributed by atoms with van der Waals surface area (Å²) in [5.74, 6) is -0.0892. The van der Waals surface area contributed by atoms with Gasteiger partial charge in [0.25, 0.3) is 0 Å². The van der Waals surface area contributed by atoms with E-state index in [1.165, 1.54) is 0 Å². The van der Waals surface area contributed by atoms with Gasteiger partial charge in [-0.2, -0.15) is 0 Å². The quantitative estimate of drug-likeness (QED) is 0.198. The molecule has 0 aliphatic carbocycles. The average molecular weight is 369 g/mol. The van der Waals surface area contributed by atoms with E-state index in [-0.39, 0.29) is 19.4 Å². The number of hydrogen-bond donors (Lipinski definition) is 3. The molecule has 0 aliphatic rings. The molecular formula is C16H24N3O5P. The summed E-state index contributed by atoms with van der Waals surface area (Å²) in [6, 6.07) is 7.55. The van der Waals surface area contributed by atoms with Crippen LogP contribution < -0.4 is 15.3 Å². The minimum absolute atomic E-state index is 0.0155. The molecule has 1 rings (SSSR count). The van der Waals surface area contributed by atoms with Crippen molar-refractivity contribution >= 4 is 26.0 Å². The van der Waals surface area contributed by atoms with Gasteiger partial charge in [0.2, 0.25) is 0 Å². The molecule has 0 spiro atoms. The Morgan fingerprint density at radius 2 is 2.04 bits per heavy atom. The summed E-state index contributed by atoms with van der Waals surface area (Å²) >= 11 is 0. The van der Waals surface area contributed by atoms with Crippen molar-refractivity contribution in [3.63, 3.8) is 0 Å². The number of Topliss-reactive ketones (excluding diaryl/α,β-unsaturated/α-hetero) is 1. The molecule has 0 aliphatic heterocycles. The summed E-state index contributed by atoms with van der Waals surface area (Å²) in [5, 5.41) is 9.44. The maximum Gasteiger partial charge on any atom is 0.459 e. The van der Waals surface area contributed by atoms with Gasteiger partial charge in [0.05, 0.1) is 18.9 Å². The Labute approximate surface area is 147 Å². The Kier molecular flexibility index (Phi) is 9.87. The van der Waals surface area contributed by atoms with Crippen molar-refractivity contribution in [1.82, 2.24) is 5.09 Å². The second kappa shape index (κ2) is 11.7. The summed E-state index contributed by atoms with van der Waals surface area (Å²) < 4.78 is 23.8. The third kappa shape index (κ3) is 8.69. The van der Waals surface area contributed by atoms with Crippen LogP contribution in [0.5, 0.6) is 5.75 Å². The van der Waals surface area contributed by atoms with Gasteiger partial charge < -0.3 is 20.5 Å². The van der Waals surface area contributed by atoms with E-state index >= 15 is 0 Å². The van der Waals surface area contributed by atoms with E-state index in [0.717, 1.165) is 0 Å². The van der Waals surface area contributed by atoms with E-state index < -0.39 is 19.6 Å². The maximum absolute atomic E-state index is 13.0. The Morgan fingerprint density at radius 1 is 1.32 bits per heavy atom. The molecule has 138 valence electrons. The monoisotopic (exact) mass is 369 g/mol. The van der Waals surface area contributed by atoms with E-state index in [1.807, 2.05) is 0 Å². The Hall–Kier alpha value is -1.86. The van der Waals surface area contributed by atoms with Crippen LogP contribution in [0.25, 0.3) is 0 Å². The lowest BCUT2D eigenvalue weighted by atomic mass is 10.1. The number of nitrogens with two attached hydrogens (primary N) is 1. The van der Waals surface area contributed by atoms with Gasteiger partial charge in [0, 0.05) is 6.42 Å². The van der Waals surface area contributed by atoms with Gasteiger partial charge >= 0.3 is 7.75 Å². The van der Waals surface area contributed by atoms with Crippen LogP contribution >= 0.6 is 7.75 Å². The molecule has 0 radical (unpaired) electrons. The number of carbonyl (C=O) groups is 2. The van der Waals surface area contributed by atoms with E-state index in [4.69, 9.17) is 20.2 Å². The van der Waals surface area contributed by atoms with Crippen molar-refractivity contribution in [2.45, 2.75) is 31.7 Å². The topological polar surface area (TPSA) is 132 Å². The van der Waals surface area contributed by atoms with Gasteiger partial charge in [-0.15, -0.1) is 0 Å². The summed E-state index contributed by atoms with van der Waals surface area (Å²) in [5.41, 5.74) is 5.42. The number of aldehydes is 1. The van der Waals surface area contributed by atoms with Crippen LogP contribution in [0, 0.1) is 5.41 Å². The molecule has 25 heavy (non-hydrogen) atoms. The van der Waals surface area contributed by atoms with E-state index in [2.05, 4.69) is 5.09 Å². The molecule has 2 unspecified atom stereocenters. The molecule has 0 bridgehead atoms. The summed E-state index contributed by atoms with van der Waals surface area (Å²) in [4.78, 5) is 22.4. The van der Waals surface area contributed by atoms with Crippen LogP contribution in [-0.4, -0.2) is 37.5 Å². The molecule has 1 aromatic carbocycles. The van der Waals surface area contributed by atoms with Crippen molar-refractivity contribution in [2.75, 3.05) is 13.2 Å². The van der Waals surface area contributed by atoms with Crippen molar-refractivity contribution < 1.29 is 23.2 Å². The molecule has 4 N–H and O–H groups in total. The van der Waals surface area contributed by atoms with E-state index in [0.29, 0.717) is 37.6 Å². The van der Waals surface area contributed by atoms with Crippen LogP contribution in [0.3, 0.4) is 0 Å². The van der Waals surface area contributed by atoms with Crippen molar-refractivity contribution in [3.8, 4) is 5.75 Å². The van der Waals surface area contributed by atoms with E-state index in [9.17, 15) is 14.2 Å². The first-order chi connectivity index (χ1) is 12.0. The molecule has 9 heteroatoms. The lowest BCUT2D eigenvalue weighted by molar-refractivity contribution is -0.113. The number of carbonyl (C=O) groups excluding carboxylic acids is 2. The van der Waals surface area contributed by atoms with Crippen LogP contribution in [0.15, 0.2) is 30.3 Å². The molecule has 0 amide bonds. The fourth-order valence-electron chi connectivity index (χ4n) is 1.88. The summed E-state index contributed by atoms with van der Waals surface area (Å²) in [6.07, 6.45) is 2.60. The second-order valence-corrected chi connectivity index (χ2v) is 6.95. The first-order valence-corrected chi connectivity index (χ1v) is 9.53. The second-order valence-electron chi connectivity index (χ2n) is 5.25. The standard InChI is InChI=1S/C16H24N3O5P/c17-10-4-5-11-23-25(22,24-16-6-2-1-3-7-16)19-14(13-20)8-9-15(21)12-18/h1-3,6-7,12-14,18H,4-5,8-11,17H2,(H,19,22). The van der Waals surface area contributed by atoms with Crippen LogP contribution in [0.2, 0.25) is 0 Å². The lowest BCUT2D eigenvalue weighted by Gasteiger charge is -2.22. The highest BCUT2D eigenvalue weighted by molar-refractivity contribution is 7.52. The number of benzene rings is 1. The molecule has 0 heterocycles. The number of rotatable bonds is 14. The molecule has 0 saturated carbocycles. The van der Waals surface area contributed by atoms with Crippen LogP contribution in [-0.2, 0) is 18.7 Å². The minimum Gasteiger partial charge on any atom is -0.413 e. The van der Waals surface area contributed by atoms with Gasteiger partial charge in [-0.05, 0) is 37.9 Å². The Bertz CT molecular complexity index is 597. The first kappa shape index (κ1) is 21.2. The number of ketones is 1. The molecule has 8 nitrogen and oxygen atoms in total. The fraction of sp³-hybridized carbons (Fsp3) is 0.438. The molecule has 0 aromatic heterocycles. The Balaban J connectivity index is 2.76. The smallest absolute Gasteiger partial charge is 0.413 e. The summed E-state index contributed by atoms with van der Waals surface area (Å²) in [7, 11) is -3.81. The SMILES string of the molecule is N=CC(=O)CCC(C=O)NP(=O)(OCCCCN)Oc1ccccc1. The highest BCUT2D eigenvalue weighted by Gasteiger charge is 2.30. The zero-order valence-corrected chi connectivity index (χ0v) is 14.8. The van der Waals surface area contributed by atoms with Crippen LogP contribution in [0.4, 0.5) is 0 Å². The van der Waals surface area contributed by atoms with Gasteiger partial charge in [-0.25, -0.2) is 9.65 Å². The highest BCUT2D eigenvalue weighted by atomic mass is 31.2. The van der Waals surface area contributed by atoms with Crippen molar-refractivity contribution in [2.24, 2.45) is 5.73 Å². The number of hydrogen-bond acceptors (Lipinski definition) is 7. The Morgan fingerprint density at radius 3 is 2.64 bits per heavy atom. The molecule has 0 fully saturated rings. The van der Waals surface area contributed by atoms with E-state index in [1.54, 1.807) is 30.3 Å². The number of para-hydroxylation sites is 1. The lowest BCUT2D eigenvalue weighted by Crippen LogP contribution is -2.31. The zero-order valence-electron chi connectivity index (χ0n) is 13.9. The van der Waals surface area contributed by atoms with Crippen molar-refractivity contribution in [3.05, 3.63) is 30.3 Å². The summed E-state index contributed by atoms with van der Waals surface area (Å²) in [6.45, 7) is 0.642. The number of unbranched alkanes of at least 4 members (excludes halogenated alkanes) is 1. The van der Waals surface area contributed by atoms with Crippen molar-refractivity contribution in [1.29, 1.82) is 5.41 Å². The number of nitrogens with one attached hydrogen (secondary N) is 2. The largest absolute Gasteiger partial charge is 0.459 e. The van der Waals surface area contributed by atoms with Gasteiger partial charge in [-0.3, -0.25) is 9.32 Å². The molecule has 1 aromatic rings. The maximum atomic E-state index is 13.0.